The number of rotatable bonds is 4. The first-order chi connectivity index (χ1) is 15.1. The van der Waals surface area contributed by atoms with Gasteiger partial charge < -0.3 is 5.32 Å². The third-order valence-electron chi connectivity index (χ3n) is 6.43. The predicted octanol–water partition coefficient (Wildman–Crippen LogP) is 1.65. The lowest BCUT2D eigenvalue weighted by molar-refractivity contribution is -0.141. The maximum atomic E-state index is 14.0. The number of sulfonamides is 1. The van der Waals surface area contributed by atoms with Crippen molar-refractivity contribution in [1.82, 2.24) is 20.1 Å². The highest BCUT2D eigenvalue weighted by Crippen LogP contribution is 2.33. The summed E-state index contributed by atoms with van der Waals surface area (Å²) >= 11 is 0. The first-order valence-electron chi connectivity index (χ1n) is 10.6. The minimum atomic E-state index is -4.26. The number of nitrogens with zero attached hydrogens (tertiary/aromatic N) is 2. The van der Waals surface area contributed by atoms with Crippen molar-refractivity contribution >= 4 is 27.9 Å². The third kappa shape index (κ3) is 3.96. The molecule has 1 saturated carbocycles. The van der Waals surface area contributed by atoms with Gasteiger partial charge in [0.25, 0.3) is 5.91 Å². The number of hydrogen-bond acceptors (Lipinski definition) is 5. The van der Waals surface area contributed by atoms with Crippen molar-refractivity contribution in [2.24, 2.45) is 5.92 Å². The van der Waals surface area contributed by atoms with Crippen molar-refractivity contribution in [3.63, 3.8) is 0 Å². The number of halogens is 2. The van der Waals surface area contributed by atoms with Crippen LogP contribution >= 0.6 is 0 Å². The molecule has 2 heterocycles. The number of amides is 4. The summed E-state index contributed by atoms with van der Waals surface area (Å²) < 4.78 is 53.8. The molecular formula is C20H24F2N4O5S. The molecule has 9 nitrogen and oxygen atoms in total. The molecule has 2 saturated heterocycles. The smallest absolute Gasteiger partial charge is 0.322 e. The summed E-state index contributed by atoms with van der Waals surface area (Å²) in [6, 6.07) is 1.53. The Kier molecular flexibility index (Phi) is 5.93. The Hall–Kier alpha value is -2.60. The molecule has 0 radical (unpaired) electrons. The minimum absolute atomic E-state index is 0.0829. The number of hydrogen-bond donors (Lipinski definition) is 2. The van der Waals surface area contributed by atoms with Crippen LogP contribution in [-0.2, 0) is 19.6 Å². The Morgan fingerprint density at radius 3 is 2.41 bits per heavy atom. The van der Waals surface area contributed by atoms with Crippen molar-refractivity contribution in [3.05, 3.63) is 29.8 Å². The number of carbonyl (C=O) groups excluding carboxylic acids is 3. The number of piperidine rings is 1. The van der Waals surface area contributed by atoms with E-state index in [9.17, 15) is 31.6 Å². The molecule has 12 heteroatoms. The van der Waals surface area contributed by atoms with Gasteiger partial charge in [0, 0.05) is 19.0 Å². The second-order valence-electron chi connectivity index (χ2n) is 8.44. The van der Waals surface area contributed by atoms with E-state index in [1.54, 1.807) is 0 Å². The Balaban J connectivity index is 1.38. The molecule has 0 bridgehead atoms. The Morgan fingerprint density at radius 1 is 1.09 bits per heavy atom. The molecule has 4 rings (SSSR count). The molecule has 0 atom stereocenters. The maximum absolute atomic E-state index is 14.0. The zero-order chi connectivity index (χ0) is 23.1. The zero-order valence-corrected chi connectivity index (χ0v) is 18.1. The summed E-state index contributed by atoms with van der Waals surface area (Å²) in [4.78, 5) is 37.0. The van der Waals surface area contributed by atoms with Crippen LogP contribution < -0.4 is 10.7 Å². The van der Waals surface area contributed by atoms with E-state index in [0.717, 1.165) is 40.7 Å². The fraction of sp³-hybridized carbons (Fsp3) is 0.550. The van der Waals surface area contributed by atoms with Gasteiger partial charge in [0.2, 0.25) is 15.9 Å². The summed E-state index contributed by atoms with van der Waals surface area (Å²) in [5.41, 5.74) is 1.41. The van der Waals surface area contributed by atoms with Crippen LogP contribution in [0.1, 0.15) is 44.9 Å². The number of imide groups is 1. The molecule has 174 valence electrons. The number of benzene rings is 1. The zero-order valence-electron chi connectivity index (χ0n) is 17.3. The third-order valence-corrected chi connectivity index (χ3v) is 8.34. The summed E-state index contributed by atoms with van der Waals surface area (Å²) in [7, 11) is -4.26. The molecule has 3 aliphatic rings. The van der Waals surface area contributed by atoms with Crippen LogP contribution in [0.15, 0.2) is 23.1 Å². The molecule has 2 aliphatic heterocycles. The normalized spacial score (nSPS) is 22.2. The molecule has 1 aromatic carbocycles. The van der Waals surface area contributed by atoms with Gasteiger partial charge in [0.1, 0.15) is 22.1 Å². The molecule has 3 fully saturated rings. The fourth-order valence-electron chi connectivity index (χ4n) is 4.59. The first kappa shape index (κ1) is 22.6. The van der Waals surface area contributed by atoms with E-state index < -0.39 is 55.9 Å². The SMILES string of the molecule is O=C(NN1C(=O)NC2(CCCCC2)C1=O)C1CCN(S(=O)(=O)c2cc(F)ccc2F)CC1. The topological polar surface area (TPSA) is 116 Å². The van der Waals surface area contributed by atoms with Gasteiger partial charge in [0.15, 0.2) is 0 Å². The number of urea groups is 1. The predicted molar refractivity (Wildman–Crippen MR) is 107 cm³/mol. The quantitative estimate of drug-likeness (QED) is 0.650. The molecule has 0 aromatic heterocycles. The highest BCUT2D eigenvalue weighted by atomic mass is 32.2. The first-order valence-corrected chi connectivity index (χ1v) is 12.0. The van der Waals surface area contributed by atoms with E-state index in [-0.39, 0.29) is 25.9 Å². The van der Waals surface area contributed by atoms with Crippen molar-refractivity contribution in [2.75, 3.05) is 13.1 Å². The van der Waals surface area contributed by atoms with E-state index in [1.807, 2.05) is 0 Å². The lowest BCUT2D eigenvalue weighted by Crippen LogP contribution is -2.53. The van der Waals surface area contributed by atoms with Crippen LogP contribution in [0.25, 0.3) is 0 Å². The van der Waals surface area contributed by atoms with Gasteiger partial charge in [-0.3, -0.25) is 15.0 Å². The van der Waals surface area contributed by atoms with Gasteiger partial charge in [-0.2, -0.15) is 9.31 Å². The number of carbonyl (C=O) groups is 3. The van der Waals surface area contributed by atoms with Crippen molar-refractivity contribution in [1.29, 1.82) is 0 Å². The minimum Gasteiger partial charge on any atom is -0.322 e. The van der Waals surface area contributed by atoms with Crippen molar-refractivity contribution in [2.45, 2.75) is 55.4 Å². The van der Waals surface area contributed by atoms with E-state index in [0.29, 0.717) is 18.9 Å². The van der Waals surface area contributed by atoms with E-state index in [2.05, 4.69) is 10.7 Å². The van der Waals surface area contributed by atoms with Crippen LogP contribution in [-0.4, -0.2) is 54.2 Å². The molecule has 1 aromatic rings. The highest BCUT2D eigenvalue weighted by Gasteiger charge is 2.52. The molecule has 2 N–H and O–H groups in total. The standard InChI is InChI=1S/C20H24F2N4O5S/c21-14-4-5-15(22)16(12-14)32(30,31)25-10-6-13(7-11-25)17(27)24-26-18(28)20(23-19(26)29)8-2-1-3-9-20/h4-5,12-13H,1-3,6-11H2,(H,23,29)(H,24,27). The number of hydrazine groups is 1. The summed E-state index contributed by atoms with van der Waals surface area (Å²) in [5, 5.41) is 3.42. The van der Waals surface area contributed by atoms with E-state index in [1.165, 1.54) is 0 Å². The Morgan fingerprint density at radius 2 is 1.75 bits per heavy atom. The van der Waals surface area contributed by atoms with Crippen LogP contribution in [0, 0.1) is 17.6 Å². The second kappa shape index (κ2) is 8.39. The van der Waals surface area contributed by atoms with Crippen molar-refractivity contribution < 1.29 is 31.6 Å². The molecule has 0 unspecified atom stereocenters. The van der Waals surface area contributed by atoms with E-state index >= 15 is 0 Å². The van der Waals surface area contributed by atoms with Gasteiger partial charge in [-0.05, 0) is 43.9 Å². The monoisotopic (exact) mass is 470 g/mol. The molecular weight excluding hydrogens is 446 g/mol. The van der Waals surface area contributed by atoms with Crippen LogP contribution in [0.2, 0.25) is 0 Å². The molecule has 4 amide bonds. The molecule has 1 aliphatic carbocycles. The summed E-state index contributed by atoms with van der Waals surface area (Å²) in [5.74, 6) is -3.60. The molecule has 1 spiro atoms. The van der Waals surface area contributed by atoms with Gasteiger partial charge >= 0.3 is 6.03 Å². The number of nitrogens with one attached hydrogen (secondary N) is 2. The molecule has 32 heavy (non-hydrogen) atoms. The highest BCUT2D eigenvalue weighted by molar-refractivity contribution is 7.89. The van der Waals surface area contributed by atoms with Gasteiger partial charge in [-0.15, -0.1) is 0 Å². The van der Waals surface area contributed by atoms with Crippen molar-refractivity contribution in [3.8, 4) is 0 Å². The average Bonchev–Trinajstić information content (AvgIpc) is 2.99. The summed E-state index contributed by atoms with van der Waals surface area (Å²) in [6.45, 7) is -0.166. The second-order valence-corrected chi connectivity index (χ2v) is 10.3. The Bertz CT molecular complexity index is 1050. The van der Waals surface area contributed by atoms with Crippen LogP contribution in [0.4, 0.5) is 13.6 Å². The van der Waals surface area contributed by atoms with Gasteiger partial charge in [-0.1, -0.05) is 19.3 Å². The average molecular weight is 470 g/mol. The largest absolute Gasteiger partial charge is 0.344 e. The fourth-order valence-corrected chi connectivity index (χ4v) is 6.14. The van der Waals surface area contributed by atoms with Gasteiger partial charge in [0.05, 0.1) is 0 Å². The maximum Gasteiger partial charge on any atom is 0.344 e. The summed E-state index contributed by atoms with van der Waals surface area (Å²) in [6.07, 6.45) is 3.87. The van der Waals surface area contributed by atoms with E-state index in [4.69, 9.17) is 0 Å². The van der Waals surface area contributed by atoms with Crippen LogP contribution in [0.5, 0.6) is 0 Å². The lowest BCUT2D eigenvalue weighted by atomic mass is 9.82. The Labute approximate surface area is 184 Å². The van der Waals surface area contributed by atoms with Gasteiger partial charge in [-0.25, -0.2) is 22.0 Å². The lowest BCUT2D eigenvalue weighted by Gasteiger charge is -2.32. The van der Waals surface area contributed by atoms with Crippen LogP contribution in [0.3, 0.4) is 0 Å².